The summed E-state index contributed by atoms with van der Waals surface area (Å²) in [5.74, 6) is -1.10. The lowest BCUT2D eigenvalue weighted by molar-refractivity contribution is -0.139. The molecule has 3 aromatic rings. The zero-order chi connectivity index (χ0) is 22.8. The number of aliphatic hydroxyl groups excluding tert-OH is 2. The van der Waals surface area contributed by atoms with Crippen LogP contribution in [0.4, 0.5) is 4.39 Å². The van der Waals surface area contributed by atoms with Gasteiger partial charge in [0.25, 0.3) is 0 Å². The van der Waals surface area contributed by atoms with Crippen molar-refractivity contribution in [2.75, 3.05) is 0 Å². The molecule has 0 saturated heterocycles. The average molecular weight is 435 g/mol. The Morgan fingerprint density at radius 3 is 2.56 bits per heavy atom. The second-order valence-electron chi connectivity index (χ2n) is 8.50. The summed E-state index contributed by atoms with van der Waals surface area (Å²) in [6.45, 7) is 2.02. The second kappa shape index (κ2) is 9.18. The summed E-state index contributed by atoms with van der Waals surface area (Å²) in [6.07, 6.45) is 2.80. The topological polar surface area (TPSA) is 90.7 Å². The third-order valence-corrected chi connectivity index (χ3v) is 5.71. The minimum atomic E-state index is -1.13. The fourth-order valence-corrected chi connectivity index (χ4v) is 4.02. The van der Waals surface area contributed by atoms with Crippen molar-refractivity contribution in [1.82, 2.24) is 4.98 Å². The Morgan fingerprint density at radius 1 is 1.19 bits per heavy atom. The van der Waals surface area contributed by atoms with Gasteiger partial charge in [0.05, 0.1) is 29.8 Å². The molecule has 32 heavy (non-hydrogen) atoms. The van der Waals surface area contributed by atoms with Gasteiger partial charge in [-0.15, -0.1) is 0 Å². The van der Waals surface area contributed by atoms with Crippen LogP contribution in [0, 0.1) is 12.7 Å². The smallest absolute Gasteiger partial charge is 0.305 e. The van der Waals surface area contributed by atoms with Gasteiger partial charge in [0.2, 0.25) is 0 Å². The molecule has 6 heteroatoms. The zero-order valence-electron chi connectivity index (χ0n) is 17.8. The van der Waals surface area contributed by atoms with Crippen LogP contribution in [0.25, 0.3) is 28.1 Å². The number of pyridine rings is 1. The average Bonchev–Trinajstić information content (AvgIpc) is 3.56. The first-order chi connectivity index (χ1) is 15.3. The number of carbonyl (C=O) groups is 1. The van der Waals surface area contributed by atoms with Crippen molar-refractivity contribution in [2.24, 2.45) is 0 Å². The summed E-state index contributed by atoms with van der Waals surface area (Å²) < 4.78 is 13.6. The quantitative estimate of drug-likeness (QED) is 0.472. The largest absolute Gasteiger partial charge is 0.481 e. The number of aromatic nitrogens is 1. The van der Waals surface area contributed by atoms with E-state index in [0.29, 0.717) is 5.92 Å². The Morgan fingerprint density at radius 2 is 1.91 bits per heavy atom. The van der Waals surface area contributed by atoms with E-state index in [9.17, 15) is 19.4 Å². The highest BCUT2D eigenvalue weighted by atomic mass is 19.1. The maximum absolute atomic E-state index is 13.6. The predicted octanol–water partition coefficient (Wildman–Crippen LogP) is 4.83. The monoisotopic (exact) mass is 435 g/mol. The number of aryl methyl sites for hydroxylation is 1. The summed E-state index contributed by atoms with van der Waals surface area (Å²) in [6, 6.07) is 12.4. The first-order valence-corrected chi connectivity index (χ1v) is 10.8. The highest BCUT2D eigenvalue weighted by molar-refractivity contribution is 5.99. The Kier molecular flexibility index (Phi) is 6.35. The normalized spacial score (nSPS) is 15.9. The Hall–Kier alpha value is -3.09. The number of benzene rings is 2. The van der Waals surface area contributed by atoms with E-state index in [-0.39, 0.29) is 12.2 Å². The number of hydrogen-bond donors (Lipinski definition) is 3. The number of hydrogen-bond acceptors (Lipinski definition) is 4. The van der Waals surface area contributed by atoms with Crippen molar-refractivity contribution >= 4 is 22.9 Å². The number of halogens is 1. The first-order valence-electron chi connectivity index (χ1n) is 10.8. The number of carboxylic acids is 1. The van der Waals surface area contributed by atoms with Crippen LogP contribution in [0.2, 0.25) is 0 Å². The van der Waals surface area contributed by atoms with Crippen molar-refractivity contribution in [2.45, 2.75) is 50.7 Å². The molecule has 0 spiro atoms. The molecule has 166 valence electrons. The van der Waals surface area contributed by atoms with Gasteiger partial charge in [-0.05, 0) is 49.1 Å². The van der Waals surface area contributed by atoms with Crippen molar-refractivity contribution in [1.29, 1.82) is 0 Å². The second-order valence-corrected chi connectivity index (χ2v) is 8.50. The van der Waals surface area contributed by atoms with Crippen molar-refractivity contribution in [3.63, 3.8) is 0 Å². The number of aliphatic hydroxyl groups is 2. The van der Waals surface area contributed by atoms with Crippen molar-refractivity contribution in [3.8, 4) is 11.1 Å². The molecule has 5 nitrogen and oxygen atoms in total. The third-order valence-electron chi connectivity index (χ3n) is 5.71. The summed E-state index contributed by atoms with van der Waals surface area (Å²) in [5.41, 5.74) is 5.55. The Bertz CT molecular complexity index is 1170. The number of rotatable bonds is 8. The molecular formula is C26H26FNO4. The van der Waals surface area contributed by atoms with E-state index >= 15 is 0 Å². The summed E-state index contributed by atoms with van der Waals surface area (Å²) in [7, 11) is 0. The lowest BCUT2D eigenvalue weighted by Gasteiger charge is -2.17. The molecule has 1 aromatic heterocycles. The highest BCUT2D eigenvalue weighted by Crippen LogP contribution is 2.45. The van der Waals surface area contributed by atoms with E-state index in [0.717, 1.165) is 51.7 Å². The molecule has 0 bridgehead atoms. The van der Waals surface area contributed by atoms with Crippen LogP contribution in [-0.2, 0) is 4.79 Å². The van der Waals surface area contributed by atoms with Gasteiger partial charge in [-0.3, -0.25) is 9.78 Å². The van der Waals surface area contributed by atoms with E-state index < -0.39 is 24.6 Å². The van der Waals surface area contributed by atoms with Crippen LogP contribution in [0.15, 0.2) is 48.5 Å². The van der Waals surface area contributed by atoms with Crippen LogP contribution in [0.1, 0.15) is 48.4 Å². The van der Waals surface area contributed by atoms with Crippen LogP contribution in [0.3, 0.4) is 0 Å². The molecule has 0 radical (unpaired) electrons. The zero-order valence-corrected chi connectivity index (χ0v) is 17.8. The van der Waals surface area contributed by atoms with E-state index in [1.807, 2.05) is 25.1 Å². The SMILES string of the molecule is Cc1ccc2c(-c3ccc(F)cc3)c(/C=C/[C@@H](O)C[C@@H](O)CC(=O)O)c(C3CC3)nc2c1. The minimum Gasteiger partial charge on any atom is -0.481 e. The lowest BCUT2D eigenvalue weighted by atomic mass is 9.91. The molecule has 0 aliphatic heterocycles. The van der Waals surface area contributed by atoms with Gasteiger partial charge in [0.15, 0.2) is 0 Å². The molecule has 3 N–H and O–H groups in total. The maximum atomic E-state index is 13.6. The van der Waals surface area contributed by atoms with Crippen molar-refractivity contribution in [3.05, 3.63) is 71.2 Å². The fourth-order valence-electron chi connectivity index (χ4n) is 4.02. The van der Waals surface area contributed by atoms with E-state index in [1.165, 1.54) is 12.1 Å². The molecular weight excluding hydrogens is 409 g/mol. The predicted molar refractivity (Wildman–Crippen MR) is 122 cm³/mol. The van der Waals surface area contributed by atoms with Crippen LogP contribution in [0.5, 0.6) is 0 Å². The van der Waals surface area contributed by atoms with Crippen LogP contribution >= 0.6 is 0 Å². The molecule has 2 atom stereocenters. The molecule has 1 aliphatic carbocycles. The van der Waals surface area contributed by atoms with Gasteiger partial charge < -0.3 is 15.3 Å². The Labute approximate surface area is 185 Å². The maximum Gasteiger partial charge on any atom is 0.305 e. The van der Waals surface area contributed by atoms with E-state index in [1.54, 1.807) is 24.3 Å². The number of nitrogens with zero attached hydrogens (tertiary/aromatic N) is 1. The molecule has 1 aliphatic rings. The number of fused-ring (bicyclic) bond motifs is 1. The molecule has 1 fully saturated rings. The van der Waals surface area contributed by atoms with Gasteiger partial charge in [-0.2, -0.15) is 0 Å². The molecule has 0 unspecified atom stereocenters. The first kappa shape index (κ1) is 22.1. The Balaban J connectivity index is 1.82. The fraction of sp³-hybridized carbons (Fsp3) is 0.308. The molecule has 2 aromatic carbocycles. The van der Waals surface area contributed by atoms with Gasteiger partial charge >= 0.3 is 5.97 Å². The molecule has 4 rings (SSSR count). The van der Waals surface area contributed by atoms with E-state index in [2.05, 4.69) is 0 Å². The minimum absolute atomic E-state index is 0.0757. The molecule has 1 saturated carbocycles. The van der Waals surface area contributed by atoms with Crippen molar-refractivity contribution < 1.29 is 24.5 Å². The number of aliphatic carboxylic acids is 1. The summed E-state index contributed by atoms with van der Waals surface area (Å²) in [4.78, 5) is 15.7. The van der Waals surface area contributed by atoms with Gasteiger partial charge in [0.1, 0.15) is 5.82 Å². The highest BCUT2D eigenvalue weighted by Gasteiger charge is 2.29. The summed E-state index contributed by atoms with van der Waals surface area (Å²) >= 11 is 0. The number of carboxylic acid groups (broad SMARTS) is 1. The lowest BCUT2D eigenvalue weighted by Crippen LogP contribution is -2.19. The van der Waals surface area contributed by atoms with Crippen LogP contribution < -0.4 is 0 Å². The molecule has 1 heterocycles. The third kappa shape index (κ3) is 5.03. The molecule has 0 amide bonds. The van der Waals surface area contributed by atoms with Crippen LogP contribution in [-0.4, -0.2) is 38.5 Å². The van der Waals surface area contributed by atoms with E-state index in [4.69, 9.17) is 10.1 Å². The summed E-state index contributed by atoms with van der Waals surface area (Å²) in [5, 5.41) is 30.0. The van der Waals surface area contributed by atoms with Gasteiger partial charge in [-0.1, -0.05) is 36.4 Å². The van der Waals surface area contributed by atoms with Gasteiger partial charge in [-0.25, -0.2) is 4.39 Å². The standard InChI is InChI=1S/C26H26FNO4/c1-15-2-10-21-23(12-15)28-26(17-3-4-17)22(25(21)16-5-7-18(27)8-6-16)11-9-19(29)13-20(30)14-24(31)32/h2,5-12,17,19-20,29-30H,3-4,13-14H2,1H3,(H,31,32)/b11-9+/t19-,20-/m1/s1. The van der Waals surface area contributed by atoms with Gasteiger partial charge in [0, 0.05) is 28.9 Å².